The number of nitrogens with zero attached hydrogens (tertiary/aromatic N) is 2. The Morgan fingerprint density at radius 1 is 1.26 bits per heavy atom. The Balaban J connectivity index is 1.80. The summed E-state index contributed by atoms with van der Waals surface area (Å²) in [5, 5.41) is 11.7. The van der Waals surface area contributed by atoms with E-state index in [1.165, 1.54) is 24.8 Å². The van der Waals surface area contributed by atoms with Gasteiger partial charge in [0.05, 0.1) is 17.4 Å². The molecule has 3 aromatic rings. The molecular weight excluding hydrogens is 456 g/mol. The molecule has 0 saturated heterocycles. The first-order valence-corrected chi connectivity index (χ1v) is 12.7. The predicted octanol–water partition coefficient (Wildman–Crippen LogP) is 2.91. The highest BCUT2D eigenvalue weighted by Crippen LogP contribution is 2.16. The molecule has 0 bridgehead atoms. The largest absolute Gasteiger partial charge is 0.459 e. The highest BCUT2D eigenvalue weighted by atomic mass is 32.3. The van der Waals surface area contributed by atoms with Crippen LogP contribution in [0.5, 0.6) is 0 Å². The number of hydrogen-bond donors (Lipinski definition) is 5. The molecule has 0 atom stereocenters. The van der Waals surface area contributed by atoms with Gasteiger partial charge < -0.3 is 25.1 Å². The van der Waals surface area contributed by atoms with Gasteiger partial charge in [0.2, 0.25) is 0 Å². The van der Waals surface area contributed by atoms with E-state index in [1.54, 1.807) is 37.3 Å². The molecule has 34 heavy (non-hydrogen) atoms. The van der Waals surface area contributed by atoms with Crippen LogP contribution < -0.4 is 11.1 Å². The van der Waals surface area contributed by atoms with Gasteiger partial charge in [-0.15, -0.1) is 10.1 Å². The van der Waals surface area contributed by atoms with E-state index in [4.69, 9.17) is 15.3 Å². The summed E-state index contributed by atoms with van der Waals surface area (Å²) in [6, 6.07) is 10.1. The molecule has 2 aromatic heterocycles. The fraction of sp³-hybridized carbons (Fsp3) is 0.208. The smallest absolute Gasteiger partial charge is 0.291 e. The van der Waals surface area contributed by atoms with Gasteiger partial charge in [-0.3, -0.25) is 9.59 Å². The van der Waals surface area contributed by atoms with Gasteiger partial charge in [0.25, 0.3) is 11.8 Å². The normalized spacial score (nSPS) is 11.3. The lowest BCUT2D eigenvalue weighted by Gasteiger charge is -2.16. The number of benzene rings is 1. The van der Waals surface area contributed by atoms with Crippen molar-refractivity contribution >= 4 is 33.4 Å². The number of amides is 2. The maximum absolute atomic E-state index is 12.5. The number of carbonyl (C=O) groups is 2. The number of hydrogen-bond acceptors (Lipinski definition) is 6. The van der Waals surface area contributed by atoms with Gasteiger partial charge >= 0.3 is 0 Å². The van der Waals surface area contributed by atoms with Crippen molar-refractivity contribution in [1.29, 1.82) is 0 Å². The second-order valence-electron chi connectivity index (χ2n) is 7.67. The van der Waals surface area contributed by atoms with Crippen LogP contribution in [0.15, 0.2) is 57.6 Å². The number of pyridine rings is 1. The number of nitrogens with two attached hydrogens (primary N) is 1. The van der Waals surface area contributed by atoms with Crippen molar-refractivity contribution < 1.29 is 23.7 Å². The Morgan fingerprint density at radius 3 is 2.76 bits per heavy atom. The van der Waals surface area contributed by atoms with Crippen LogP contribution in [0.2, 0.25) is 0 Å². The average Bonchev–Trinajstić information content (AvgIpc) is 3.23. The van der Waals surface area contributed by atoms with Gasteiger partial charge in [0.15, 0.2) is 5.76 Å². The standard InChI is InChI=1S/C24H26N4O5S/c1-16-9-11-33-21(16)24(31)27-20-6-3-5-17(13-20)7-8-18-14-19(15-26-22(18)25)23(30)28-34(2,32)12-4-10-29/h3,5-6,9,11,13-15,29,34H,4,10,12H2,1-2H3,(H2,25,26)(H,27,31)(H,28,30,32). The Labute approximate surface area is 198 Å². The van der Waals surface area contributed by atoms with Gasteiger partial charge in [-0.1, -0.05) is 17.9 Å². The first-order valence-electron chi connectivity index (χ1n) is 10.4. The fourth-order valence-corrected chi connectivity index (χ4v) is 4.32. The number of rotatable bonds is 6. The molecule has 0 aliphatic rings. The van der Waals surface area contributed by atoms with E-state index in [0.29, 0.717) is 23.2 Å². The average molecular weight is 483 g/mol. The van der Waals surface area contributed by atoms with E-state index in [2.05, 4.69) is 26.5 Å². The quantitative estimate of drug-likeness (QED) is 0.268. The lowest BCUT2D eigenvalue weighted by molar-refractivity contribution is 0.0991. The molecule has 0 spiro atoms. The maximum atomic E-state index is 12.5. The van der Waals surface area contributed by atoms with Crippen molar-refractivity contribution in [1.82, 2.24) is 4.98 Å². The highest BCUT2D eigenvalue weighted by molar-refractivity contribution is 7.99. The zero-order valence-electron chi connectivity index (χ0n) is 18.8. The summed E-state index contributed by atoms with van der Waals surface area (Å²) in [5.41, 5.74) is 8.27. The third-order valence-corrected chi connectivity index (χ3v) is 6.52. The highest BCUT2D eigenvalue weighted by Gasteiger charge is 2.13. The molecule has 1 aromatic carbocycles. The van der Waals surface area contributed by atoms with Crippen LogP contribution in [0.4, 0.5) is 11.5 Å². The molecular formula is C24H26N4O5S. The Bertz CT molecular complexity index is 1330. The first-order chi connectivity index (χ1) is 16.2. The van der Waals surface area contributed by atoms with Crippen molar-refractivity contribution in [2.75, 3.05) is 29.7 Å². The van der Waals surface area contributed by atoms with Gasteiger partial charge in [-0.25, -0.2) is 4.98 Å². The second kappa shape index (κ2) is 10.9. The summed E-state index contributed by atoms with van der Waals surface area (Å²) in [4.78, 5) is 28.9. The van der Waals surface area contributed by atoms with Crippen LogP contribution in [-0.2, 0) is 10.1 Å². The molecule has 178 valence electrons. The number of carbonyl (C=O) groups excluding carboxylic acids is 2. The van der Waals surface area contributed by atoms with Crippen molar-refractivity contribution in [3.05, 3.63) is 76.9 Å². The van der Waals surface area contributed by atoms with Crippen LogP contribution in [0, 0.1) is 18.8 Å². The van der Waals surface area contributed by atoms with Crippen molar-refractivity contribution in [3.63, 3.8) is 0 Å². The molecule has 5 N–H and O–H groups in total. The molecule has 9 nitrogen and oxygen atoms in total. The lowest BCUT2D eigenvalue weighted by Crippen LogP contribution is -2.16. The fourth-order valence-electron chi connectivity index (χ4n) is 2.97. The minimum Gasteiger partial charge on any atom is -0.459 e. The number of aliphatic hydroxyl groups excluding tert-OH is 1. The minimum absolute atomic E-state index is 0.0869. The van der Waals surface area contributed by atoms with Crippen molar-refractivity contribution in [3.8, 4) is 11.8 Å². The second-order valence-corrected chi connectivity index (χ2v) is 10.5. The molecule has 0 unspecified atom stereocenters. The number of furan rings is 1. The number of nitrogens with one attached hydrogen (secondary N) is 1. The number of thiol groups is 1. The van der Waals surface area contributed by atoms with Gasteiger partial charge in [0.1, 0.15) is 5.82 Å². The molecule has 10 heteroatoms. The van der Waals surface area contributed by atoms with Crippen LogP contribution in [0.1, 0.15) is 44.0 Å². The Hall–Kier alpha value is -3.78. The summed E-state index contributed by atoms with van der Waals surface area (Å²) >= 11 is 0. The number of aromatic nitrogens is 1. The molecule has 2 heterocycles. The number of aliphatic hydroxyl groups is 1. The van der Waals surface area contributed by atoms with Crippen molar-refractivity contribution in [2.45, 2.75) is 13.3 Å². The third-order valence-electron chi connectivity index (χ3n) is 4.74. The summed E-state index contributed by atoms with van der Waals surface area (Å²) in [7, 11) is -2.83. The molecule has 3 rings (SSSR count). The maximum Gasteiger partial charge on any atom is 0.291 e. The number of anilines is 2. The molecule has 0 radical (unpaired) electrons. The summed E-state index contributed by atoms with van der Waals surface area (Å²) < 4.78 is 19.4. The van der Waals surface area contributed by atoms with Crippen LogP contribution in [-0.4, -0.2) is 45.1 Å². The predicted molar refractivity (Wildman–Crippen MR) is 133 cm³/mol. The zero-order valence-corrected chi connectivity index (χ0v) is 19.7. The van der Waals surface area contributed by atoms with E-state index in [0.717, 1.165) is 5.56 Å². The number of aryl methyl sites for hydroxylation is 1. The Kier molecular flexibility index (Phi) is 7.96. The monoisotopic (exact) mass is 482 g/mol. The van der Waals surface area contributed by atoms with Gasteiger partial charge in [-0.2, -0.15) is 4.36 Å². The molecule has 0 aliphatic heterocycles. The molecule has 0 saturated carbocycles. The van der Waals surface area contributed by atoms with Crippen LogP contribution >= 0.6 is 0 Å². The number of nitrogen functional groups attached to an aromatic ring is 1. The van der Waals surface area contributed by atoms with E-state index < -0.39 is 16.0 Å². The third kappa shape index (κ3) is 6.62. The summed E-state index contributed by atoms with van der Waals surface area (Å²) in [5.74, 6) is 5.47. The Morgan fingerprint density at radius 2 is 2.06 bits per heavy atom. The van der Waals surface area contributed by atoms with Crippen LogP contribution in [0.25, 0.3) is 0 Å². The molecule has 0 fully saturated rings. The topological polar surface area (TPSA) is 151 Å². The molecule has 0 aliphatic carbocycles. The van der Waals surface area contributed by atoms with Gasteiger partial charge in [0, 0.05) is 35.4 Å². The molecule has 2 amide bonds. The van der Waals surface area contributed by atoms with Crippen molar-refractivity contribution in [2.24, 2.45) is 4.36 Å². The lowest BCUT2D eigenvalue weighted by atomic mass is 10.1. The van der Waals surface area contributed by atoms with Gasteiger partial charge in [-0.05, 0) is 49.9 Å². The van der Waals surface area contributed by atoms with E-state index in [-0.39, 0.29) is 35.4 Å². The summed E-state index contributed by atoms with van der Waals surface area (Å²) in [6.07, 6.45) is 4.60. The van der Waals surface area contributed by atoms with E-state index >= 15 is 0 Å². The van der Waals surface area contributed by atoms with E-state index in [9.17, 15) is 14.1 Å². The zero-order chi connectivity index (χ0) is 24.7. The summed E-state index contributed by atoms with van der Waals surface area (Å²) in [6.45, 7) is 1.69. The van der Waals surface area contributed by atoms with Crippen LogP contribution in [0.3, 0.4) is 0 Å². The van der Waals surface area contributed by atoms with E-state index in [1.807, 2.05) is 0 Å². The first kappa shape index (κ1) is 24.9. The minimum atomic E-state index is -2.83. The SMILES string of the molecule is Cc1ccoc1C(=O)Nc1cccc(C#Cc2cc(C(=O)N=[SH](C)(O)CCCO)cnc2N)c1.